The Hall–Kier alpha value is -1.84. The molecule has 2 heterocycles. The minimum atomic E-state index is -1.00. The maximum absolute atomic E-state index is 11.0. The second kappa shape index (κ2) is 5.51. The van der Waals surface area contributed by atoms with Crippen LogP contribution in [0.2, 0.25) is 0 Å². The fourth-order valence-corrected chi connectivity index (χ4v) is 2.54. The Labute approximate surface area is 120 Å². The van der Waals surface area contributed by atoms with Crippen LogP contribution in [0, 0.1) is 5.21 Å². The van der Waals surface area contributed by atoms with Gasteiger partial charge < -0.3 is 14.8 Å². The van der Waals surface area contributed by atoms with Crippen LogP contribution in [0.15, 0.2) is 28.8 Å². The zero-order valence-electron chi connectivity index (χ0n) is 11.4. The Morgan fingerprint density at radius 1 is 1.48 bits per heavy atom. The van der Waals surface area contributed by atoms with Crippen LogP contribution in [-0.4, -0.2) is 45.1 Å². The van der Waals surface area contributed by atoms with Gasteiger partial charge in [0, 0.05) is 24.2 Å². The van der Waals surface area contributed by atoms with Crippen molar-refractivity contribution in [2.75, 3.05) is 13.6 Å². The number of β-amino-alcohol motifs (C(OH)–C–C–N with tert-alkyl or cyclic N) is 1. The van der Waals surface area contributed by atoms with Crippen LogP contribution < -0.4 is 5.23 Å². The fraction of sp³-hybridized carbons (Fsp3) is 0.385. The van der Waals surface area contributed by atoms with Gasteiger partial charge in [0.2, 0.25) is 11.7 Å². The summed E-state index contributed by atoms with van der Waals surface area (Å²) in [6, 6.07) is 6.27. The molecule has 0 aliphatic carbocycles. The fourth-order valence-electron chi connectivity index (χ4n) is 2.54. The van der Waals surface area contributed by atoms with Gasteiger partial charge in [-0.3, -0.25) is 4.90 Å². The molecule has 1 saturated heterocycles. The van der Waals surface area contributed by atoms with E-state index >= 15 is 0 Å². The third-order valence-electron chi connectivity index (χ3n) is 3.62. The van der Waals surface area contributed by atoms with E-state index in [9.17, 15) is 10.3 Å². The highest BCUT2D eigenvalue weighted by atomic mass is 16.8. The van der Waals surface area contributed by atoms with Gasteiger partial charge >= 0.3 is 0 Å². The first kappa shape index (κ1) is 14.1. The highest BCUT2D eigenvalue weighted by Crippen LogP contribution is 2.30. The Bertz CT molecular complexity index is 630. The molecule has 3 rings (SSSR count). The average Bonchev–Trinajstić information content (AvgIpc) is 3.05. The number of aliphatic hydroxyl groups is 1. The van der Waals surface area contributed by atoms with Crippen LogP contribution in [0.3, 0.4) is 0 Å². The van der Waals surface area contributed by atoms with Crippen LogP contribution in [0.4, 0.5) is 5.69 Å². The molecule has 1 unspecified atom stereocenters. The van der Waals surface area contributed by atoms with Gasteiger partial charge in [0.05, 0.1) is 12.1 Å². The second-order valence-corrected chi connectivity index (χ2v) is 5.19. The maximum Gasteiger partial charge on any atom is 0.244 e. The van der Waals surface area contributed by atoms with E-state index in [1.54, 1.807) is 12.1 Å². The van der Waals surface area contributed by atoms with E-state index < -0.39 is 11.3 Å². The number of likely N-dealkylation sites (N-methyl/N-ethyl adjacent to an activating group) is 1. The first-order chi connectivity index (χ1) is 10.0. The topological polar surface area (TPSA) is 110 Å². The van der Waals surface area contributed by atoms with E-state index in [0.717, 1.165) is 0 Å². The van der Waals surface area contributed by atoms with Gasteiger partial charge in [-0.15, -0.1) is 0 Å². The number of quaternary nitrogens is 1. The number of nitrogens with one attached hydrogen (secondary N) is 1. The molecule has 1 aromatic carbocycles. The summed E-state index contributed by atoms with van der Waals surface area (Å²) < 4.78 is 5.26. The Morgan fingerprint density at radius 3 is 2.95 bits per heavy atom. The van der Waals surface area contributed by atoms with Gasteiger partial charge in [-0.1, -0.05) is 17.3 Å². The minimum Gasteiger partial charge on any atom is -0.595 e. The molecule has 0 saturated carbocycles. The summed E-state index contributed by atoms with van der Waals surface area (Å²) in [5, 5.41) is 32.5. The molecule has 21 heavy (non-hydrogen) atoms. The van der Waals surface area contributed by atoms with Gasteiger partial charge in [0.1, 0.15) is 0 Å². The van der Waals surface area contributed by atoms with Gasteiger partial charge in [0.15, 0.2) is 5.69 Å². The smallest absolute Gasteiger partial charge is 0.244 e. The van der Waals surface area contributed by atoms with E-state index in [1.165, 1.54) is 12.1 Å². The van der Waals surface area contributed by atoms with E-state index in [-0.39, 0.29) is 11.7 Å². The summed E-state index contributed by atoms with van der Waals surface area (Å²) in [5.41, 5.74) is 0.762. The number of nitrogens with zero attached hydrogens (tertiary/aromatic N) is 3. The molecule has 0 radical (unpaired) electrons. The van der Waals surface area contributed by atoms with E-state index in [2.05, 4.69) is 10.1 Å². The number of aromatic nitrogens is 2. The van der Waals surface area contributed by atoms with Crippen LogP contribution in [0.1, 0.15) is 18.4 Å². The molecule has 1 aliphatic heterocycles. The number of likely N-dealkylation sites (tertiary alicyclic amines) is 1. The number of hydrogen-bond donors (Lipinski definition) is 3. The Morgan fingerprint density at radius 2 is 2.29 bits per heavy atom. The number of hydrogen-bond acceptors (Lipinski definition) is 7. The number of benzene rings is 1. The second-order valence-electron chi connectivity index (χ2n) is 5.19. The van der Waals surface area contributed by atoms with Crippen molar-refractivity contribution in [3.8, 4) is 11.4 Å². The molecular weight excluding hydrogens is 276 g/mol. The third kappa shape index (κ3) is 2.80. The molecule has 8 heteroatoms. The quantitative estimate of drug-likeness (QED) is 0.676. The first-order valence-corrected chi connectivity index (χ1v) is 6.60. The highest BCUT2D eigenvalue weighted by Gasteiger charge is 2.33. The van der Waals surface area contributed by atoms with E-state index in [0.29, 0.717) is 30.2 Å². The largest absolute Gasteiger partial charge is 0.595 e. The van der Waals surface area contributed by atoms with Crippen LogP contribution >= 0.6 is 0 Å². The normalized spacial score (nSPS) is 24.4. The maximum atomic E-state index is 11.0. The van der Waals surface area contributed by atoms with Gasteiger partial charge in [-0.25, -0.2) is 5.21 Å². The van der Waals surface area contributed by atoms with Crippen molar-refractivity contribution < 1.29 is 20.1 Å². The molecule has 1 aliphatic rings. The predicted molar refractivity (Wildman–Crippen MR) is 71.5 cm³/mol. The molecular formula is C13H16N4O4. The van der Waals surface area contributed by atoms with Crippen molar-refractivity contribution in [3.05, 3.63) is 35.4 Å². The van der Waals surface area contributed by atoms with Crippen molar-refractivity contribution in [3.63, 3.8) is 0 Å². The zero-order chi connectivity index (χ0) is 15.0. The molecule has 2 aromatic rings. The van der Waals surface area contributed by atoms with Crippen molar-refractivity contribution in [2.45, 2.75) is 18.6 Å². The van der Waals surface area contributed by atoms with E-state index in [4.69, 9.17) is 9.73 Å². The van der Waals surface area contributed by atoms with Crippen molar-refractivity contribution in [1.82, 2.24) is 15.0 Å². The van der Waals surface area contributed by atoms with Gasteiger partial charge in [0.25, 0.3) is 0 Å². The summed E-state index contributed by atoms with van der Waals surface area (Å²) in [4.78, 5) is 6.28. The molecule has 8 nitrogen and oxygen atoms in total. The lowest BCUT2D eigenvalue weighted by molar-refractivity contribution is -0.991. The van der Waals surface area contributed by atoms with Crippen LogP contribution in [0.5, 0.6) is 0 Å². The molecule has 0 amide bonds. The highest BCUT2D eigenvalue weighted by molar-refractivity contribution is 5.58. The van der Waals surface area contributed by atoms with Crippen molar-refractivity contribution in [1.29, 1.82) is 0 Å². The molecule has 0 spiro atoms. The summed E-state index contributed by atoms with van der Waals surface area (Å²) in [7, 11) is 1.88. The molecule has 1 fully saturated rings. The summed E-state index contributed by atoms with van der Waals surface area (Å²) in [6.45, 7) is 0.566. The SMILES string of the molecule is CN1C[C@H](O)C[C@H]1c1nc(-c2cccc([NH+]([O-])O)c2)no1. The average molecular weight is 292 g/mol. The zero-order valence-corrected chi connectivity index (χ0v) is 11.4. The van der Waals surface area contributed by atoms with Crippen LogP contribution in [0.25, 0.3) is 11.4 Å². The monoisotopic (exact) mass is 292 g/mol. The third-order valence-corrected chi connectivity index (χ3v) is 3.62. The Balaban J connectivity index is 1.86. The lowest BCUT2D eigenvalue weighted by atomic mass is 10.2. The van der Waals surface area contributed by atoms with Crippen LogP contribution in [-0.2, 0) is 0 Å². The summed E-state index contributed by atoms with van der Waals surface area (Å²) in [6.07, 6.45) is 0.151. The van der Waals surface area contributed by atoms with Gasteiger partial charge in [-0.2, -0.15) is 10.2 Å². The number of aliphatic hydroxyl groups excluding tert-OH is 1. The summed E-state index contributed by atoms with van der Waals surface area (Å²) in [5.74, 6) is 0.785. The first-order valence-electron chi connectivity index (χ1n) is 6.60. The van der Waals surface area contributed by atoms with E-state index in [1.807, 2.05) is 11.9 Å². The Kier molecular flexibility index (Phi) is 3.70. The molecule has 3 N–H and O–H groups in total. The molecule has 0 bridgehead atoms. The molecule has 3 atom stereocenters. The minimum absolute atomic E-state index is 0.107. The van der Waals surface area contributed by atoms with Crippen molar-refractivity contribution >= 4 is 5.69 Å². The lowest BCUT2D eigenvalue weighted by Gasteiger charge is -2.13. The van der Waals surface area contributed by atoms with Gasteiger partial charge in [-0.05, 0) is 13.5 Å². The molecule has 112 valence electrons. The molecule has 1 aromatic heterocycles. The predicted octanol–water partition coefficient (Wildman–Crippen LogP) is -0.122. The number of rotatable bonds is 3. The van der Waals surface area contributed by atoms with Crippen molar-refractivity contribution in [2.24, 2.45) is 0 Å². The summed E-state index contributed by atoms with van der Waals surface area (Å²) >= 11 is 0. The lowest BCUT2D eigenvalue weighted by Crippen LogP contribution is -2.99. The standard InChI is InChI=1S/C13H16N4O4/c1-16-7-10(18)6-11(16)13-14-12(15-21-13)8-3-2-4-9(5-8)17(19)20/h2-5,10-11,17-19H,6-7H2,1H3/t10-,11+/m1/s1.